The predicted octanol–water partition coefficient (Wildman–Crippen LogP) is 5.05. The van der Waals surface area contributed by atoms with Crippen LogP contribution in [0.3, 0.4) is 0 Å². The number of likely N-dealkylation sites (N-methyl/N-ethyl adjacent to an activating group) is 1. The number of amides is 3. The zero-order chi connectivity index (χ0) is 26.1. The zero-order valence-electron chi connectivity index (χ0n) is 22.6. The van der Waals surface area contributed by atoms with E-state index in [4.69, 9.17) is 4.74 Å². The number of benzene rings is 1. The van der Waals surface area contributed by atoms with Crippen molar-refractivity contribution in [2.45, 2.75) is 99.3 Å². The average Bonchev–Trinajstić information content (AvgIpc) is 2.72. The lowest BCUT2D eigenvalue weighted by Gasteiger charge is -2.35. The Kier molecular flexibility index (Phi) is 11.6. The van der Waals surface area contributed by atoms with Crippen LogP contribution in [0.15, 0.2) is 18.2 Å². The van der Waals surface area contributed by atoms with Gasteiger partial charge in [-0.3, -0.25) is 9.59 Å². The SMILES string of the molecule is CCCCCNC(=O)C(c1ccc(C)cc1C)N(CC)C(=O)C(NC(=O)OC(C)(C)C)C(C)C. The Morgan fingerprint density at radius 1 is 1.06 bits per heavy atom. The van der Waals surface area contributed by atoms with Crippen molar-refractivity contribution in [3.8, 4) is 0 Å². The van der Waals surface area contributed by atoms with Gasteiger partial charge in [0, 0.05) is 13.1 Å². The van der Waals surface area contributed by atoms with Crippen LogP contribution in [-0.2, 0) is 14.3 Å². The van der Waals surface area contributed by atoms with Crippen molar-refractivity contribution in [3.05, 3.63) is 34.9 Å². The molecule has 1 aromatic rings. The van der Waals surface area contributed by atoms with Gasteiger partial charge < -0.3 is 20.3 Å². The van der Waals surface area contributed by atoms with E-state index < -0.39 is 23.8 Å². The average molecular weight is 476 g/mol. The van der Waals surface area contributed by atoms with Gasteiger partial charge in [-0.25, -0.2) is 4.79 Å². The lowest BCUT2D eigenvalue weighted by Crippen LogP contribution is -2.55. The number of alkyl carbamates (subject to hydrolysis) is 1. The number of carbonyl (C=O) groups excluding carboxylic acids is 3. The van der Waals surface area contributed by atoms with Crippen molar-refractivity contribution in [3.63, 3.8) is 0 Å². The summed E-state index contributed by atoms with van der Waals surface area (Å²) in [6, 6.07) is 4.28. The maximum atomic E-state index is 13.8. The van der Waals surface area contributed by atoms with E-state index in [1.54, 1.807) is 25.7 Å². The molecule has 2 atom stereocenters. The molecule has 0 radical (unpaired) electrons. The molecule has 2 N–H and O–H groups in total. The number of rotatable bonds is 11. The molecule has 0 saturated heterocycles. The third-order valence-corrected chi connectivity index (χ3v) is 5.59. The Hall–Kier alpha value is -2.57. The van der Waals surface area contributed by atoms with Gasteiger partial charge in [0.1, 0.15) is 17.7 Å². The quantitative estimate of drug-likeness (QED) is 0.439. The maximum absolute atomic E-state index is 13.8. The Labute approximate surface area is 206 Å². The Morgan fingerprint density at radius 3 is 2.21 bits per heavy atom. The highest BCUT2D eigenvalue weighted by Gasteiger charge is 2.37. The highest BCUT2D eigenvalue weighted by atomic mass is 16.6. The number of nitrogens with one attached hydrogen (secondary N) is 2. The van der Waals surface area contributed by atoms with Gasteiger partial charge in [0.25, 0.3) is 0 Å². The molecule has 3 amide bonds. The third-order valence-electron chi connectivity index (χ3n) is 5.59. The number of aryl methyl sites for hydroxylation is 2. The van der Waals surface area contributed by atoms with E-state index in [9.17, 15) is 14.4 Å². The molecule has 1 rings (SSSR count). The van der Waals surface area contributed by atoms with Crippen molar-refractivity contribution < 1.29 is 19.1 Å². The van der Waals surface area contributed by atoms with Crippen molar-refractivity contribution in [2.75, 3.05) is 13.1 Å². The van der Waals surface area contributed by atoms with Crippen molar-refractivity contribution >= 4 is 17.9 Å². The summed E-state index contributed by atoms with van der Waals surface area (Å²) in [5, 5.41) is 5.76. The topological polar surface area (TPSA) is 87.7 Å². The maximum Gasteiger partial charge on any atom is 0.408 e. The minimum absolute atomic E-state index is 0.193. The Bertz CT molecular complexity index is 830. The molecule has 0 saturated carbocycles. The molecule has 34 heavy (non-hydrogen) atoms. The van der Waals surface area contributed by atoms with E-state index in [1.807, 2.05) is 52.8 Å². The molecule has 192 valence electrons. The zero-order valence-corrected chi connectivity index (χ0v) is 22.6. The fourth-order valence-electron chi connectivity index (χ4n) is 3.86. The summed E-state index contributed by atoms with van der Waals surface area (Å²) >= 11 is 0. The summed E-state index contributed by atoms with van der Waals surface area (Å²) in [6.07, 6.45) is 2.32. The fourth-order valence-corrected chi connectivity index (χ4v) is 3.86. The van der Waals surface area contributed by atoms with Gasteiger partial charge in [-0.2, -0.15) is 0 Å². The van der Waals surface area contributed by atoms with Crippen LogP contribution in [0.2, 0.25) is 0 Å². The van der Waals surface area contributed by atoms with Crippen molar-refractivity contribution in [1.29, 1.82) is 0 Å². The number of ether oxygens (including phenoxy) is 1. The fraction of sp³-hybridized carbons (Fsp3) is 0.667. The van der Waals surface area contributed by atoms with Gasteiger partial charge in [0.2, 0.25) is 11.8 Å². The van der Waals surface area contributed by atoms with Gasteiger partial charge in [-0.15, -0.1) is 0 Å². The molecular formula is C27H45N3O4. The molecular weight excluding hydrogens is 430 g/mol. The first kappa shape index (κ1) is 29.5. The molecule has 7 nitrogen and oxygen atoms in total. The second-order valence-corrected chi connectivity index (χ2v) is 10.3. The first-order valence-electron chi connectivity index (χ1n) is 12.5. The lowest BCUT2D eigenvalue weighted by atomic mass is 9.95. The molecule has 0 heterocycles. The van der Waals surface area contributed by atoms with E-state index in [0.717, 1.165) is 36.0 Å². The summed E-state index contributed by atoms with van der Waals surface area (Å²) in [6.45, 7) is 17.8. The number of nitrogens with zero attached hydrogens (tertiary/aromatic N) is 1. The summed E-state index contributed by atoms with van der Waals surface area (Å²) < 4.78 is 5.38. The number of hydrogen-bond acceptors (Lipinski definition) is 4. The van der Waals surface area contributed by atoms with E-state index in [0.29, 0.717) is 13.1 Å². The summed E-state index contributed by atoms with van der Waals surface area (Å²) in [5.41, 5.74) is 2.14. The van der Waals surface area contributed by atoms with Gasteiger partial charge >= 0.3 is 6.09 Å². The predicted molar refractivity (Wildman–Crippen MR) is 137 cm³/mol. The number of carbonyl (C=O) groups is 3. The van der Waals surface area contributed by atoms with Gasteiger partial charge in [0.05, 0.1) is 0 Å². The molecule has 0 aliphatic carbocycles. The van der Waals surface area contributed by atoms with E-state index >= 15 is 0 Å². The molecule has 0 aromatic heterocycles. The smallest absolute Gasteiger partial charge is 0.408 e. The van der Waals surface area contributed by atoms with Crippen LogP contribution in [0.1, 0.15) is 90.5 Å². The van der Waals surface area contributed by atoms with Crippen LogP contribution in [0.25, 0.3) is 0 Å². The highest BCUT2D eigenvalue weighted by molar-refractivity contribution is 5.92. The number of hydrogen-bond donors (Lipinski definition) is 2. The van der Waals surface area contributed by atoms with Crippen LogP contribution < -0.4 is 10.6 Å². The second-order valence-electron chi connectivity index (χ2n) is 10.3. The summed E-state index contributed by atoms with van der Waals surface area (Å²) in [7, 11) is 0. The first-order chi connectivity index (χ1) is 15.8. The molecule has 2 unspecified atom stereocenters. The van der Waals surface area contributed by atoms with E-state index in [2.05, 4.69) is 17.6 Å². The first-order valence-corrected chi connectivity index (χ1v) is 12.5. The largest absolute Gasteiger partial charge is 0.444 e. The molecule has 7 heteroatoms. The molecule has 0 aliphatic rings. The second kappa shape index (κ2) is 13.4. The lowest BCUT2D eigenvalue weighted by molar-refractivity contribution is -0.143. The van der Waals surface area contributed by atoms with Crippen LogP contribution in [0, 0.1) is 19.8 Å². The minimum Gasteiger partial charge on any atom is -0.444 e. The minimum atomic E-state index is -0.823. The summed E-state index contributed by atoms with van der Waals surface area (Å²) in [4.78, 5) is 41.2. The van der Waals surface area contributed by atoms with Gasteiger partial charge in [-0.05, 0) is 65.0 Å². The van der Waals surface area contributed by atoms with Crippen LogP contribution in [-0.4, -0.2) is 47.5 Å². The summed E-state index contributed by atoms with van der Waals surface area (Å²) in [5.74, 6) is -0.712. The van der Waals surface area contributed by atoms with Crippen molar-refractivity contribution in [2.24, 2.45) is 5.92 Å². The normalized spacial score (nSPS) is 13.2. The van der Waals surface area contributed by atoms with Crippen LogP contribution in [0.5, 0.6) is 0 Å². The van der Waals surface area contributed by atoms with Crippen LogP contribution in [0.4, 0.5) is 4.79 Å². The Morgan fingerprint density at radius 2 is 1.71 bits per heavy atom. The van der Waals surface area contributed by atoms with Crippen LogP contribution >= 0.6 is 0 Å². The molecule has 0 bridgehead atoms. The monoisotopic (exact) mass is 475 g/mol. The van der Waals surface area contributed by atoms with E-state index in [1.165, 1.54) is 0 Å². The third kappa shape index (κ3) is 8.99. The molecule has 1 aromatic carbocycles. The molecule has 0 fully saturated rings. The van der Waals surface area contributed by atoms with Gasteiger partial charge in [0.15, 0.2) is 0 Å². The Balaban J connectivity index is 3.32. The standard InChI is InChI=1S/C27H45N3O4/c1-10-12-13-16-28-24(31)23(21-15-14-19(5)17-20(21)6)30(11-2)25(32)22(18(3)4)29-26(33)34-27(7,8)9/h14-15,17-18,22-23H,10-13,16H2,1-9H3,(H,28,31)(H,29,33). The molecule has 0 aliphatic heterocycles. The highest BCUT2D eigenvalue weighted by Crippen LogP contribution is 2.27. The van der Waals surface area contributed by atoms with Crippen molar-refractivity contribution in [1.82, 2.24) is 15.5 Å². The number of unbranched alkanes of at least 4 members (excludes halogenated alkanes) is 2. The molecule has 0 spiro atoms. The van der Waals surface area contributed by atoms with E-state index in [-0.39, 0.29) is 17.7 Å². The van der Waals surface area contributed by atoms with Gasteiger partial charge in [-0.1, -0.05) is 57.4 Å².